The number of hydrogen-bond donors (Lipinski definition) is 3. The van der Waals surface area contributed by atoms with Gasteiger partial charge in [-0.15, -0.1) is 12.4 Å². The van der Waals surface area contributed by atoms with Crippen LogP contribution in [0.3, 0.4) is 0 Å². The Morgan fingerprint density at radius 2 is 2.00 bits per heavy atom. The Morgan fingerprint density at radius 3 is 2.72 bits per heavy atom. The Balaban J connectivity index is 0.00000225. The standard InChI is InChI=1S/C18H26N4O2.ClH/c23-17(12-15-7-4-8-19-15)20-13-14-5-3-6-16(11-14)21-18(24)22-9-1-2-10-22;/h3,5-6,11,15,19H,1-2,4,7-10,12-13H2,(H,20,23)(H,21,24);1H. The van der Waals surface area contributed by atoms with Crippen molar-refractivity contribution in [3.8, 4) is 0 Å². The molecular weight excluding hydrogens is 340 g/mol. The van der Waals surface area contributed by atoms with Gasteiger partial charge < -0.3 is 20.9 Å². The van der Waals surface area contributed by atoms with Gasteiger partial charge >= 0.3 is 6.03 Å². The molecule has 3 rings (SSSR count). The average Bonchev–Trinajstić information content (AvgIpc) is 3.27. The Kier molecular flexibility index (Phi) is 7.52. The summed E-state index contributed by atoms with van der Waals surface area (Å²) in [6, 6.07) is 7.93. The molecule has 2 fully saturated rings. The summed E-state index contributed by atoms with van der Waals surface area (Å²) >= 11 is 0. The molecule has 7 heteroatoms. The number of amides is 3. The molecule has 3 N–H and O–H groups in total. The molecule has 138 valence electrons. The van der Waals surface area contributed by atoms with Gasteiger partial charge in [0.15, 0.2) is 0 Å². The van der Waals surface area contributed by atoms with E-state index in [9.17, 15) is 9.59 Å². The topological polar surface area (TPSA) is 73.5 Å². The first-order valence-corrected chi connectivity index (χ1v) is 8.86. The third-order valence-corrected chi connectivity index (χ3v) is 4.66. The number of nitrogens with zero attached hydrogens (tertiary/aromatic N) is 1. The molecular formula is C18H27ClN4O2. The van der Waals surface area contributed by atoms with Gasteiger partial charge in [-0.3, -0.25) is 4.79 Å². The highest BCUT2D eigenvalue weighted by molar-refractivity contribution is 5.89. The maximum absolute atomic E-state index is 12.1. The summed E-state index contributed by atoms with van der Waals surface area (Å²) in [5, 5.41) is 9.22. The third-order valence-electron chi connectivity index (χ3n) is 4.66. The van der Waals surface area contributed by atoms with E-state index in [0.29, 0.717) is 19.0 Å². The van der Waals surface area contributed by atoms with E-state index < -0.39 is 0 Å². The molecule has 0 bridgehead atoms. The van der Waals surface area contributed by atoms with E-state index in [1.165, 1.54) is 0 Å². The van der Waals surface area contributed by atoms with E-state index in [4.69, 9.17) is 0 Å². The highest BCUT2D eigenvalue weighted by atomic mass is 35.5. The Bertz CT molecular complexity index is 584. The van der Waals surface area contributed by atoms with E-state index in [-0.39, 0.29) is 24.3 Å². The predicted octanol–water partition coefficient (Wildman–Crippen LogP) is 2.49. The van der Waals surface area contributed by atoms with Crippen LogP contribution in [0.4, 0.5) is 10.5 Å². The van der Waals surface area contributed by atoms with Gasteiger partial charge in [-0.2, -0.15) is 0 Å². The summed E-state index contributed by atoms with van der Waals surface area (Å²) in [6.45, 7) is 3.16. The number of rotatable bonds is 5. The highest BCUT2D eigenvalue weighted by Crippen LogP contribution is 2.14. The van der Waals surface area contributed by atoms with E-state index >= 15 is 0 Å². The fourth-order valence-electron chi connectivity index (χ4n) is 3.31. The molecule has 3 amide bonds. The summed E-state index contributed by atoms with van der Waals surface area (Å²) in [6.07, 6.45) is 4.91. The fraction of sp³-hybridized carbons (Fsp3) is 0.556. The SMILES string of the molecule is Cl.O=C(CC1CCCN1)NCc1cccc(NC(=O)N2CCCC2)c1. The smallest absolute Gasteiger partial charge is 0.321 e. The molecule has 0 saturated carbocycles. The number of urea groups is 1. The van der Waals surface area contributed by atoms with Crippen LogP contribution in [0.15, 0.2) is 24.3 Å². The van der Waals surface area contributed by atoms with Gasteiger partial charge in [0.2, 0.25) is 5.91 Å². The van der Waals surface area contributed by atoms with Crippen molar-refractivity contribution in [2.75, 3.05) is 25.0 Å². The second-order valence-corrected chi connectivity index (χ2v) is 6.60. The minimum Gasteiger partial charge on any atom is -0.352 e. The zero-order valence-corrected chi connectivity index (χ0v) is 15.2. The molecule has 0 radical (unpaired) electrons. The van der Waals surface area contributed by atoms with Crippen LogP contribution in [-0.4, -0.2) is 42.5 Å². The van der Waals surface area contributed by atoms with Crippen molar-refractivity contribution in [1.29, 1.82) is 0 Å². The van der Waals surface area contributed by atoms with E-state index in [1.54, 1.807) is 0 Å². The van der Waals surface area contributed by atoms with Crippen molar-refractivity contribution in [3.63, 3.8) is 0 Å². The van der Waals surface area contributed by atoms with Crippen molar-refractivity contribution in [3.05, 3.63) is 29.8 Å². The molecule has 1 aromatic carbocycles. The molecule has 6 nitrogen and oxygen atoms in total. The number of hydrogen-bond acceptors (Lipinski definition) is 3. The van der Waals surface area contributed by atoms with Crippen LogP contribution >= 0.6 is 12.4 Å². The van der Waals surface area contributed by atoms with Crippen molar-refractivity contribution >= 4 is 30.0 Å². The lowest BCUT2D eigenvalue weighted by Gasteiger charge is -2.16. The maximum atomic E-state index is 12.1. The zero-order valence-electron chi connectivity index (χ0n) is 14.4. The monoisotopic (exact) mass is 366 g/mol. The van der Waals surface area contributed by atoms with Crippen molar-refractivity contribution < 1.29 is 9.59 Å². The number of anilines is 1. The largest absolute Gasteiger partial charge is 0.352 e. The minimum atomic E-state index is -0.0407. The number of nitrogens with one attached hydrogen (secondary N) is 3. The van der Waals surface area contributed by atoms with Crippen molar-refractivity contribution in [1.82, 2.24) is 15.5 Å². The number of carbonyl (C=O) groups excluding carboxylic acids is 2. The molecule has 2 heterocycles. The Hall–Kier alpha value is -1.79. The first kappa shape index (κ1) is 19.5. The summed E-state index contributed by atoms with van der Waals surface area (Å²) in [7, 11) is 0. The van der Waals surface area contributed by atoms with Gasteiger partial charge in [-0.1, -0.05) is 12.1 Å². The number of carbonyl (C=O) groups is 2. The molecule has 1 aromatic rings. The second kappa shape index (κ2) is 9.63. The summed E-state index contributed by atoms with van der Waals surface area (Å²) < 4.78 is 0. The fourth-order valence-corrected chi connectivity index (χ4v) is 3.31. The van der Waals surface area contributed by atoms with Gasteiger partial charge in [-0.05, 0) is 49.9 Å². The predicted molar refractivity (Wildman–Crippen MR) is 101 cm³/mol. The van der Waals surface area contributed by atoms with Crippen molar-refractivity contribution in [2.45, 2.75) is 44.7 Å². The molecule has 1 atom stereocenters. The summed E-state index contributed by atoms with van der Waals surface area (Å²) in [4.78, 5) is 25.9. The lowest BCUT2D eigenvalue weighted by Crippen LogP contribution is -2.32. The normalized spacial score (nSPS) is 19.4. The van der Waals surface area contributed by atoms with Crippen LogP contribution < -0.4 is 16.0 Å². The van der Waals surface area contributed by atoms with Gasteiger partial charge in [0.25, 0.3) is 0 Å². The third kappa shape index (κ3) is 5.90. The number of halogens is 1. The molecule has 2 aliphatic rings. The van der Waals surface area contributed by atoms with Gasteiger partial charge in [0, 0.05) is 37.8 Å². The molecule has 25 heavy (non-hydrogen) atoms. The number of likely N-dealkylation sites (tertiary alicyclic amines) is 1. The number of benzene rings is 1. The quantitative estimate of drug-likeness (QED) is 0.749. The Morgan fingerprint density at radius 1 is 1.20 bits per heavy atom. The van der Waals surface area contributed by atoms with Gasteiger partial charge in [-0.25, -0.2) is 4.79 Å². The lowest BCUT2D eigenvalue weighted by atomic mass is 10.1. The molecule has 0 aromatic heterocycles. The second-order valence-electron chi connectivity index (χ2n) is 6.60. The first-order chi connectivity index (χ1) is 11.7. The van der Waals surface area contributed by atoms with E-state index in [1.807, 2.05) is 29.2 Å². The van der Waals surface area contributed by atoms with Crippen LogP contribution in [0, 0.1) is 0 Å². The summed E-state index contributed by atoms with van der Waals surface area (Å²) in [5.74, 6) is 0.0703. The van der Waals surface area contributed by atoms with E-state index in [0.717, 1.165) is 56.6 Å². The molecule has 2 saturated heterocycles. The van der Waals surface area contributed by atoms with Crippen LogP contribution in [-0.2, 0) is 11.3 Å². The Labute approximate surface area is 155 Å². The lowest BCUT2D eigenvalue weighted by molar-refractivity contribution is -0.121. The molecule has 1 unspecified atom stereocenters. The highest BCUT2D eigenvalue weighted by Gasteiger charge is 2.18. The summed E-state index contributed by atoms with van der Waals surface area (Å²) in [5.41, 5.74) is 1.76. The van der Waals surface area contributed by atoms with Crippen LogP contribution in [0.5, 0.6) is 0 Å². The minimum absolute atomic E-state index is 0. The van der Waals surface area contributed by atoms with Crippen molar-refractivity contribution in [2.24, 2.45) is 0 Å². The zero-order chi connectivity index (χ0) is 16.8. The molecule has 0 spiro atoms. The molecule has 0 aliphatic carbocycles. The van der Waals surface area contributed by atoms with Crippen LogP contribution in [0.25, 0.3) is 0 Å². The van der Waals surface area contributed by atoms with Crippen LogP contribution in [0.1, 0.15) is 37.7 Å². The molecule has 2 aliphatic heterocycles. The van der Waals surface area contributed by atoms with E-state index in [2.05, 4.69) is 16.0 Å². The van der Waals surface area contributed by atoms with Crippen LogP contribution in [0.2, 0.25) is 0 Å². The maximum Gasteiger partial charge on any atom is 0.321 e. The van der Waals surface area contributed by atoms with Gasteiger partial charge in [0.1, 0.15) is 0 Å². The average molecular weight is 367 g/mol. The van der Waals surface area contributed by atoms with Gasteiger partial charge in [0.05, 0.1) is 0 Å². The first-order valence-electron chi connectivity index (χ1n) is 8.86.